The summed E-state index contributed by atoms with van der Waals surface area (Å²) in [4.78, 5) is 27.2. The molecule has 0 aliphatic carbocycles. The molecule has 0 unspecified atom stereocenters. The molecule has 0 bridgehead atoms. The minimum atomic E-state index is -0.948. The van der Waals surface area contributed by atoms with E-state index in [1.54, 1.807) is 19.9 Å². The Morgan fingerprint density at radius 2 is 1.90 bits per heavy atom. The van der Waals surface area contributed by atoms with E-state index in [2.05, 4.69) is 33.9 Å². The first-order valence-electron chi connectivity index (χ1n) is 9.99. The number of nitrogens with one attached hydrogen (secondary N) is 1. The molecule has 4 aromatic rings. The summed E-state index contributed by atoms with van der Waals surface area (Å²) >= 11 is 0. The summed E-state index contributed by atoms with van der Waals surface area (Å²) in [6.45, 7) is 6.13. The lowest BCUT2D eigenvalue weighted by Crippen LogP contribution is -2.30. The van der Waals surface area contributed by atoms with Crippen LogP contribution >= 0.6 is 0 Å². The van der Waals surface area contributed by atoms with Crippen LogP contribution in [0.3, 0.4) is 0 Å². The lowest BCUT2D eigenvalue weighted by Gasteiger charge is -2.14. The van der Waals surface area contributed by atoms with E-state index in [-0.39, 0.29) is 5.75 Å². The highest BCUT2D eigenvalue weighted by atomic mass is 16.6. The van der Waals surface area contributed by atoms with Crippen LogP contribution in [0.15, 0.2) is 54.6 Å². The summed E-state index contributed by atoms with van der Waals surface area (Å²) in [6.07, 6.45) is -0.948. The first-order valence-corrected chi connectivity index (χ1v) is 9.99. The van der Waals surface area contributed by atoms with Crippen LogP contribution in [0.4, 0.5) is 11.5 Å². The highest BCUT2D eigenvalue weighted by molar-refractivity contribution is 6.10. The topological polar surface area (TPSA) is 99.3 Å². The molecule has 4 rings (SSSR count). The van der Waals surface area contributed by atoms with Crippen molar-refractivity contribution in [2.45, 2.75) is 33.4 Å². The Balaban J connectivity index is 1.59. The molecule has 2 aromatic heterocycles. The fourth-order valence-electron chi connectivity index (χ4n) is 3.71. The molecule has 0 saturated heterocycles. The van der Waals surface area contributed by atoms with Crippen LogP contribution < -0.4 is 10.1 Å². The zero-order chi connectivity index (χ0) is 22.1. The SMILES string of the molecule is CCn1c2ccccc2c2cc(NC(=O)[C@H](C)Oc3ccc(C)nc3[N+](=O)[O-])ccc21. The minimum absolute atomic E-state index is 0.0419. The normalized spacial score (nSPS) is 12.1. The standard InChI is InChI=1S/C23H22N4O4/c1-4-26-19-8-6-5-7-17(19)18-13-16(10-11-20(18)26)25-23(28)15(3)31-21-12-9-14(2)24-22(21)27(29)30/h5-13,15H,4H2,1-3H3,(H,25,28)/t15-/m0/s1. The van der Waals surface area contributed by atoms with E-state index < -0.39 is 22.8 Å². The van der Waals surface area contributed by atoms with Gasteiger partial charge < -0.3 is 24.7 Å². The van der Waals surface area contributed by atoms with E-state index in [9.17, 15) is 14.9 Å². The van der Waals surface area contributed by atoms with Crippen LogP contribution in [-0.4, -0.2) is 26.5 Å². The Morgan fingerprint density at radius 1 is 1.16 bits per heavy atom. The molecule has 0 aliphatic heterocycles. The second-order valence-corrected chi connectivity index (χ2v) is 7.27. The summed E-state index contributed by atoms with van der Waals surface area (Å²) in [6, 6.07) is 17.0. The number of para-hydroxylation sites is 1. The van der Waals surface area contributed by atoms with Gasteiger partial charge >= 0.3 is 5.82 Å². The number of hydrogen-bond acceptors (Lipinski definition) is 5. The van der Waals surface area contributed by atoms with Crippen LogP contribution in [0.5, 0.6) is 5.75 Å². The predicted molar refractivity (Wildman–Crippen MR) is 119 cm³/mol. The third-order valence-electron chi connectivity index (χ3n) is 5.18. The summed E-state index contributed by atoms with van der Waals surface area (Å²) in [7, 11) is 0. The average Bonchev–Trinajstić information content (AvgIpc) is 3.07. The molecule has 0 aliphatic rings. The molecular weight excluding hydrogens is 396 g/mol. The molecule has 1 atom stereocenters. The number of ether oxygens (including phenoxy) is 1. The van der Waals surface area contributed by atoms with Crippen molar-refractivity contribution in [1.29, 1.82) is 0 Å². The van der Waals surface area contributed by atoms with Crippen molar-refractivity contribution in [2.24, 2.45) is 0 Å². The number of carbonyl (C=O) groups is 1. The van der Waals surface area contributed by atoms with E-state index in [0.717, 1.165) is 28.4 Å². The smallest absolute Gasteiger partial charge is 0.406 e. The molecular formula is C23H22N4O4. The second kappa shape index (κ2) is 8.06. The number of rotatable bonds is 6. The Morgan fingerprint density at radius 3 is 2.65 bits per heavy atom. The highest BCUT2D eigenvalue weighted by Gasteiger charge is 2.23. The molecule has 1 N–H and O–H groups in total. The fourth-order valence-corrected chi connectivity index (χ4v) is 3.71. The van der Waals surface area contributed by atoms with Gasteiger partial charge in [-0.1, -0.05) is 18.2 Å². The summed E-state index contributed by atoms with van der Waals surface area (Å²) < 4.78 is 7.78. The van der Waals surface area contributed by atoms with Gasteiger partial charge in [0.05, 0.1) is 0 Å². The van der Waals surface area contributed by atoms with Gasteiger partial charge in [0.2, 0.25) is 5.75 Å². The number of aryl methyl sites for hydroxylation is 2. The van der Waals surface area contributed by atoms with Gasteiger partial charge in [-0.2, -0.15) is 0 Å². The molecule has 31 heavy (non-hydrogen) atoms. The maximum atomic E-state index is 12.7. The molecule has 158 valence electrons. The van der Waals surface area contributed by atoms with E-state index in [1.807, 2.05) is 30.3 Å². The highest BCUT2D eigenvalue weighted by Crippen LogP contribution is 2.31. The summed E-state index contributed by atoms with van der Waals surface area (Å²) in [5.74, 6) is -0.860. The lowest BCUT2D eigenvalue weighted by molar-refractivity contribution is -0.390. The van der Waals surface area contributed by atoms with Gasteiger partial charge in [0.25, 0.3) is 5.91 Å². The van der Waals surface area contributed by atoms with E-state index in [4.69, 9.17) is 4.74 Å². The molecule has 2 aromatic carbocycles. The first-order chi connectivity index (χ1) is 14.9. The van der Waals surface area contributed by atoms with Gasteiger partial charge in [0.15, 0.2) is 6.10 Å². The molecule has 2 heterocycles. The number of amides is 1. The number of fused-ring (bicyclic) bond motifs is 3. The maximum absolute atomic E-state index is 12.7. The van der Waals surface area contributed by atoms with Gasteiger partial charge in [-0.3, -0.25) is 4.79 Å². The second-order valence-electron chi connectivity index (χ2n) is 7.27. The van der Waals surface area contributed by atoms with Crippen molar-refractivity contribution in [3.05, 3.63) is 70.4 Å². The summed E-state index contributed by atoms with van der Waals surface area (Å²) in [5, 5.41) is 16.2. The van der Waals surface area contributed by atoms with E-state index in [0.29, 0.717) is 11.4 Å². The van der Waals surface area contributed by atoms with Gasteiger partial charge in [-0.15, -0.1) is 0 Å². The third-order valence-corrected chi connectivity index (χ3v) is 5.18. The van der Waals surface area contributed by atoms with Gasteiger partial charge in [-0.05, 0) is 60.2 Å². The van der Waals surface area contributed by atoms with Crippen LogP contribution in [-0.2, 0) is 11.3 Å². The Bertz CT molecular complexity index is 1310. The number of aromatic nitrogens is 2. The third kappa shape index (κ3) is 3.79. The summed E-state index contributed by atoms with van der Waals surface area (Å²) in [5.41, 5.74) is 3.35. The Kier molecular flexibility index (Phi) is 5.29. The van der Waals surface area contributed by atoms with Crippen LogP contribution in [0, 0.1) is 17.0 Å². The first kappa shape index (κ1) is 20.3. The number of carbonyl (C=O) groups excluding carboxylic acids is 1. The number of hydrogen-bond donors (Lipinski definition) is 1. The minimum Gasteiger partial charge on any atom is -0.473 e. The van der Waals surface area contributed by atoms with Gasteiger partial charge in [0, 0.05) is 41.0 Å². The van der Waals surface area contributed by atoms with Crippen molar-refractivity contribution in [1.82, 2.24) is 9.55 Å². The molecule has 0 fully saturated rings. The van der Waals surface area contributed by atoms with Gasteiger partial charge in [-0.25, -0.2) is 0 Å². The average molecular weight is 418 g/mol. The maximum Gasteiger partial charge on any atom is 0.406 e. The molecule has 0 radical (unpaired) electrons. The van der Waals surface area contributed by atoms with Crippen LogP contribution in [0.1, 0.15) is 19.5 Å². The number of benzene rings is 2. The molecule has 8 heteroatoms. The number of anilines is 1. The largest absolute Gasteiger partial charge is 0.473 e. The van der Waals surface area contributed by atoms with E-state index in [1.165, 1.54) is 6.07 Å². The molecule has 0 saturated carbocycles. The zero-order valence-corrected chi connectivity index (χ0v) is 17.5. The van der Waals surface area contributed by atoms with Gasteiger partial charge in [0.1, 0.15) is 5.69 Å². The number of pyridine rings is 1. The Labute approximate surface area is 178 Å². The molecule has 1 amide bonds. The fraction of sp³-hybridized carbons (Fsp3) is 0.217. The van der Waals surface area contributed by atoms with Crippen molar-refractivity contribution in [3.63, 3.8) is 0 Å². The number of nitro groups is 1. The van der Waals surface area contributed by atoms with Crippen molar-refractivity contribution in [3.8, 4) is 5.75 Å². The molecule has 0 spiro atoms. The zero-order valence-electron chi connectivity index (χ0n) is 17.5. The predicted octanol–water partition coefficient (Wildman–Crippen LogP) is 4.83. The quantitative estimate of drug-likeness (QED) is 0.357. The van der Waals surface area contributed by atoms with Crippen molar-refractivity contribution < 1.29 is 14.5 Å². The lowest BCUT2D eigenvalue weighted by atomic mass is 10.1. The molecule has 8 nitrogen and oxygen atoms in total. The Hall–Kier alpha value is -3.94. The van der Waals surface area contributed by atoms with Crippen LogP contribution in [0.2, 0.25) is 0 Å². The van der Waals surface area contributed by atoms with Crippen LogP contribution in [0.25, 0.3) is 21.8 Å². The van der Waals surface area contributed by atoms with Crippen molar-refractivity contribution >= 4 is 39.2 Å². The van der Waals surface area contributed by atoms with E-state index >= 15 is 0 Å². The van der Waals surface area contributed by atoms with Crippen molar-refractivity contribution in [2.75, 3.05) is 5.32 Å². The number of nitrogens with zero attached hydrogens (tertiary/aromatic N) is 3. The monoisotopic (exact) mass is 418 g/mol.